The number of halogens is 1. The van der Waals surface area contributed by atoms with Crippen molar-refractivity contribution in [3.05, 3.63) is 59.9 Å². The predicted molar refractivity (Wildman–Crippen MR) is 144 cm³/mol. The molecule has 0 unspecified atom stereocenters. The van der Waals surface area contributed by atoms with Gasteiger partial charge in [-0.2, -0.15) is 0 Å². The summed E-state index contributed by atoms with van der Waals surface area (Å²) in [6.45, 7) is 6.51. The molecule has 1 aromatic carbocycles. The number of carbonyl (C=O) groups is 4. The van der Waals surface area contributed by atoms with Crippen molar-refractivity contribution in [3.8, 4) is 11.5 Å². The molecule has 0 spiro atoms. The van der Waals surface area contributed by atoms with Crippen molar-refractivity contribution in [2.75, 3.05) is 18.1 Å². The van der Waals surface area contributed by atoms with E-state index in [9.17, 15) is 29.4 Å². The number of hydrogen-bond acceptors (Lipinski definition) is 10. The molecule has 38 heavy (non-hydrogen) atoms. The van der Waals surface area contributed by atoms with E-state index in [-0.39, 0.29) is 50.9 Å². The highest BCUT2D eigenvalue weighted by Gasteiger charge is 2.45. The Kier molecular flexibility index (Phi) is 7.63. The van der Waals surface area contributed by atoms with E-state index in [1.807, 2.05) is 0 Å². The summed E-state index contributed by atoms with van der Waals surface area (Å²) in [4.78, 5) is 54.2. The molecular formula is C26H22ClNO8S2. The standard InChI is InChI=1S/C26H22ClNO8S2/c1-5-35-25(33)15-11(3)37-21(19(15)29)17-18(22-20(30)16(12(4)38-22)26(34)36-6-2)24(32)28(23(17)31)14-9-7-13(27)8-10-14/h7-10,29-30H,5-6H2,1-4H3. The number of carbonyl (C=O) groups excluding carboxylic acids is 4. The quantitative estimate of drug-likeness (QED) is 0.285. The molecule has 0 aliphatic carbocycles. The molecule has 9 nitrogen and oxygen atoms in total. The second-order valence-electron chi connectivity index (χ2n) is 8.04. The Morgan fingerprint density at radius 2 is 1.21 bits per heavy atom. The van der Waals surface area contributed by atoms with Gasteiger partial charge in [0, 0.05) is 14.8 Å². The maximum Gasteiger partial charge on any atom is 0.343 e. The average Bonchev–Trinajstić information content (AvgIpc) is 3.41. The van der Waals surface area contributed by atoms with Crippen LogP contribution in [-0.2, 0) is 19.1 Å². The first-order chi connectivity index (χ1) is 18.0. The second-order valence-corrected chi connectivity index (χ2v) is 10.9. The summed E-state index contributed by atoms with van der Waals surface area (Å²) in [5.41, 5.74) is -0.491. The van der Waals surface area contributed by atoms with Gasteiger partial charge in [-0.1, -0.05) is 11.6 Å². The van der Waals surface area contributed by atoms with Gasteiger partial charge in [-0.25, -0.2) is 14.5 Å². The molecule has 2 N–H and O–H groups in total. The fraction of sp³-hybridized carbons (Fsp3) is 0.231. The van der Waals surface area contributed by atoms with Crippen molar-refractivity contribution in [1.82, 2.24) is 0 Å². The molecule has 1 aliphatic heterocycles. The fourth-order valence-corrected chi connectivity index (χ4v) is 6.35. The van der Waals surface area contributed by atoms with Crippen LogP contribution >= 0.6 is 34.3 Å². The minimum atomic E-state index is -0.789. The first-order valence-electron chi connectivity index (χ1n) is 11.4. The average molecular weight is 576 g/mol. The highest BCUT2D eigenvalue weighted by molar-refractivity contribution is 7.16. The van der Waals surface area contributed by atoms with Crippen LogP contribution in [0.2, 0.25) is 5.02 Å². The SMILES string of the molecule is CCOC(=O)c1c(C)sc(C2=C(c3sc(C)c(C(=O)OCC)c3O)C(=O)N(c3ccc(Cl)cc3)C2=O)c1O. The molecule has 1 aliphatic rings. The number of ether oxygens (including phenoxy) is 2. The Hall–Kier alpha value is -3.67. The van der Waals surface area contributed by atoms with Gasteiger partial charge in [-0.05, 0) is 52.0 Å². The van der Waals surface area contributed by atoms with Gasteiger partial charge in [0.25, 0.3) is 11.8 Å². The maximum absolute atomic E-state index is 13.8. The molecule has 0 bridgehead atoms. The van der Waals surface area contributed by atoms with Gasteiger partial charge in [-0.3, -0.25) is 9.59 Å². The minimum Gasteiger partial charge on any atom is -0.505 e. The number of esters is 2. The molecule has 4 rings (SSSR count). The third-order valence-corrected chi connectivity index (χ3v) is 8.18. The molecule has 3 aromatic rings. The van der Waals surface area contributed by atoms with Crippen LogP contribution in [0.1, 0.15) is 54.1 Å². The van der Waals surface area contributed by atoms with Gasteiger partial charge in [0.05, 0.1) is 39.8 Å². The van der Waals surface area contributed by atoms with E-state index >= 15 is 0 Å². The number of rotatable bonds is 7. The van der Waals surface area contributed by atoms with Crippen molar-refractivity contribution in [2.24, 2.45) is 0 Å². The van der Waals surface area contributed by atoms with Crippen molar-refractivity contribution in [2.45, 2.75) is 27.7 Å². The van der Waals surface area contributed by atoms with Crippen LogP contribution in [-0.4, -0.2) is 47.2 Å². The molecule has 0 saturated carbocycles. The maximum atomic E-state index is 13.8. The molecule has 0 saturated heterocycles. The largest absolute Gasteiger partial charge is 0.505 e. The Labute approximate surface area is 230 Å². The second kappa shape index (κ2) is 10.6. The van der Waals surface area contributed by atoms with Gasteiger partial charge >= 0.3 is 11.9 Å². The fourth-order valence-electron chi connectivity index (χ4n) is 4.07. The molecule has 0 radical (unpaired) electrons. The third-order valence-electron chi connectivity index (χ3n) is 5.70. The van der Waals surface area contributed by atoms with Gasteiger partial charge in [0.1, 0.15) is 22.6 Å². The number of aromatic hydroxyl groups is 2. The summed E-state index contributed by atoms with van der Waals surface area (Å²) in [5, 5.41) is 22.5. The van der Waals surface area contributed by atoms with E-state index in [1.165, 1.54) is 24.3 Å². The van der Waals surface area contributed by atoms with Gasteiger partial charge in [0.15, 0.2) is 0 Å². The lowest BCUT2D eigenvalue weighted by Crippen LogP contribution is -2.31. The number of aryl methyl sites for hydroxylation is 2. The molecule has 12 heteroatoms. The van der Waals surface area contributed by atoms with Gasteiger partial charge < -0.3 is 19.7 Å². The lowest BCUT2D eigenvalue weighted by Gasteiger charge is -2.15. The van der Waals surface area contributed by atoms with E-state index < -0.39 is 35.3 Å². The number of nitrogens with zero attached hydrogens (tertiary/aromatic N) is 1. The van der Waals surface area contributed by atoms with Crippen LogP contribution in [0.4, 0.5) is 5.69 Å². The lowest BCUT2D eigenvalue weighted by molar-refractivity contribution is -0.119. The number of anilines is 1. The highest BCUT2D eigenvalue weighted by Crippen LogP contribution is 2.50. The Bertz CT molecular complexity index is 1430. The summed E-state index contributed by atoms with van der Waals surface area (Å²) in [7, 11) is 0. The van der Waals surface area contributed by atoms with Crippen LogP contribution in [0.25, 0.3) is 11.1 Å². The lowest BCUT2D eigenvalue weighted by atomic mass is 10.0. The van der Waals surface area contributed by atoms with E-state index in [2.05, 4.69) is 0 Å². The monoisotopic (exact) mass is 575 g/mol. The number of hydrogen-bond donors (Lipinski definition) is 2. The molecule has 2 aromatic heterocycles. The van der Waals surface area contributed by atoms with E-state index in [4.69, 9.17) is 21.1 Å². The number of thiophene rings is 2. The first-order valence-corrected chi connectivity index (χ1v) is 13.4. The van der Waals surface area contributed by atoms with Gasteiger partial charge in [0.2, 0.25) is 0 Å². The number of amides is 2. The third kappa shape index (κ3) is 4.46. The zero-order valence-corrected chi connectivity index (χ0v) is 23.1. The predicted octanol–water partition coefficient (Wildman–Crippen LogP) is 5.33. The Morgan fingerprint density at radius 1 is 0.816 bits per heavy atom. The molecular weight excluding hydrogens is 554 g/mol. The highest BCUT2D eigenvalue weighted by atomic mass is 35.5. The summed E-state index contributed by atoms with van der Waals surface area (Å²) in [6, 6.07) is 5.97. The van der Waals surface area contributed by atoms with E-state index in [0.29, 0.717) is 14.8 Å². The molecule has 3 heterocycles. The van der Waals surface area contributed by atoms with Crippen LogP contribution in [0.15, 0.2) is 24.3 Å². The number of benzene rings is 1. The topological polar surface area (TPSA) is 130 Å². The summed E-state index contributed by atoms with van der Waals surface area (Å²) in [5.74, 6) is -4.17. The summed E-state index contributed by atoms with van der Waals surface area (Å²) >= 11 is 7.84. The molecule has 0 atom stereocenters. The van der Waals surface area contributed by atoms with Gasteiger partial charge in [-0.15, -0.1) is 22.7 Å². The zero-order chi connectivity index (χ0) is 27.9. The van der Waals surface area contributed by atoms with E-state index in [1.54, 1.807) is 27.7 Å². The normalized spacial score (nSPS) is 13.4. The van der Waals surface area contributed by atoms with E-state index in [0.717, 1.165) is 27.6 Å². The molecule has 0 fully saturated rings. The summed E-state index contributed by atoms with van der Waals surface area (Å²) in [6.07, 6.45) is 0. The van der Waals surface area contributed by atoms with Crippen molar-refractivity contribution in [3.63, 3.8) is 0 Å². The van der Waals surface area contributed by atoms with Crippen LogP contribution < -0.4 is 4.90 Å². The Morgan fingerprint density at radius 3 is 1.58 bits per heavy atom. The summed E-state index contributed by atoms with van der Waals surface area (Å²) < 4.78 is 10.1. The minimum absolute atomic E-state index is 0.0431. The first kappa shape index (κ1) is 27.4. The van der Waals surface area contributed by atoms with Crippen LogP contribution in [0, 0.1) is 13.8 Å². The van der Waals surface area contributed by atoms with Crippen molar-refractivity contribution < 1.29 is 38.9 Å². The van der Waals surface area contributed by atoms with Crippen molar-refractivity contribution >= 4 is 74.9 Å². The Balaban J connectivity index is 1.99. The van der Waals surface area contributed by atoms with Crippen LogP contribution in [0.3, 0.4) is 0 Å². The smallest absolute Gasteiger partial charge is 0.343 e. The number of imide groups is 1. The molecule has 198 valence electrons. The zero-order valence-electron chi connectivity index (χ0n) is 20.7. The van der Waals surface area contributed by atoms with Crippen molar-refractivity contribution in [1.29, 1.82) is 0 Å². The van der Waals surface area contributed by atoms with Crippen LogP contribution in [0.5, 0.6) is 11.5 Å². The molecule has 2 amide bonds.